The molecular weight excluding hydrogens is 236 g/mol. The van der Waals surface area contributed by atoms with E-state index in [2.05, 4.69) is 44.6 Å². The van der Waals surface area contributed by atoms with Crippen LogP contribution in [-0.4, -0.2) is 22.0 Å². The highest BCUT2D eigenvalue weighted by atomic mass is 32.1. The van der Waals surface area contributed by atoms with Gasteiger partial charge < -0.3 is 16.4 Å². The fraction of sp³-hybridized carbons (Fsp3) is 0.300. The average Bonchev–Trinajstić information content (AvgIpc) is 2.72. The quantitative estimate of drug-likeness (QED) is 0.761. The van der Waals surface area contributed by atoms with E-state index >= 15 is 0 Å². The summed E-state index contributed by atoms with van der Waals surface area (Å²) in [6.07, 6.45) is 0. The highest BCUT2D eigenvalue weighted by Crippen LogP contribution is 2.16. The Labute approximate surface area is 103 Å². The van der Waals surface area contributed by atoms with Crippen molar-refractivity contribution in [2.75, 3.05) is 23.4 Å². The number of anilines is 3. The van der Waals surface area contributed by atoms with Gasteiger partial charge in [0, 0.05) is 16.8 Å². The molecule has 0 aliphatic heterocycles. The Hall–Kier alpha value is -1.89. The van der Waals surface area contributed by atoms with Gasteiger partial charge in [-0.3, -0.25) is 0 Å². The monoisotopic (exact) mass is 250 g/mol. The van der Waals surface area contributed by atoms with Gasteiger partial charge in [-0.2, -0.15) is 15.0 Å². The predicted octanol–water partition coefficient (Wildman–Crippen LogP) is 1.48. The fourth-order valence-electron chi connectivity index (χ4n) is 1.33. The predicted molar refractivity (Wildman–Crippen MR) is 70.2 cm³/mol. The second kappa shape index (κ2) is 4.96. The molecule has 2 rings (SSSR count). The molecule has 4 N–H and O–H groups in total. The van der Waals surface area contributed by atoms with Crippen LogP contribution in [0.1, 0.15) is 9.75 Å². The molecule has 0 radical (unpaired) electrons. The first kappa shape index (κ1) is 11.6. The summed E-state index contributed by atoms with van der Waals surface area (Å²) in [5.74, 6) is 1.14. The van der Waals surface area contributed by atoms with Crippen molar-refractivity contribution in [2.24, 2.45) is 0 Å². The Balaban J connectivity index is 2.05. The van der Waals surface area contributed by atoms with Crippen LogP contribution in [0, 0.1) is 6.92 Å². The summed E-state index contributed by atoms with van der Waals surface area (Å²) < 4.78 is 0. The van der Waals surface area contributed by atoms with E-state index in [-0.39, 0.29) is 5.95 Å². The lowest BCUT2D eigenvalue weighted by Crippen LogP contribution is -2.08. The Morgan fingerprint density at radius 3 is 2.65 bits per heavy atom. The van der Waals surface area contributed by atoms with Crippen LogP contribution >= 0.6 is 11.3 Å². The van der Waals surface area contributed by atoms with Crippen LogP contribution in [0.15, 0.2) is 12.1 Å². The first-order valence-corrected chi connectivity index (χ1v) is 5.97. The molecule has 0 aliphatic rings. The van der Waals surface area contributed by atoms with Crippen molar-refractivity contribution in [3.63, 3.8) is 0 Å². The van der Waals surface area contributed by atoms with Gasteiger partial charge in [0.15, 0.2) is 0 Å². The number of hydrogen-bond acceptors (Lipinski definition) is 7. The number of hydrogen-bond donors (Lipinski definition) is 3. The molecule has 0 bridgehead atoms. The third kappa shape index (κ3) is 3.04. The minimum Gasteiger partial charge on any atom is -0.368 e. The van der Waals surface area contributed by atoms with Crippen molar-refractivity contribution in [3.05, 3.63) is 21.9 Å². The van der Waals surface area contributed by atoms with Crippen LogP contribution in [-0.2, 0) is 6.54 Å². The minimum absolute atomic E-state index is 0.203. The van der Waals surface area contributed by atoms with E-state index in [4.69, 9.17) is 5.73 Å². The van der Waals surface area contributed by atoms with Gasteiger partial charge in [0.25, 0.3) is 0 Å². The molecule has 0 atom stereocenters. The smallest absolute Gasteiger partial charge is 0.229 e. The van der Waals surface area contributed by atoms with Gasteiger partial charge >= 0.3 is 0 Å². The standard InChI is InChI=1S/C10H14N6S/c1-6-3-4-7(17-6)5-13-10-15-8(11)14-9(12-2)16-10/h3-4H,5H2,1-2H3,(H4,11,12,13,14,15,16). The van der Waals surface area contributed by atoms with Gasteiger partial charge in [-0.25, -0.2) is 0 Å². The summed E-state index contributed by atoms with van der Waals surface area (Å²) in [6.45, 7) is 2.76. The van der Waals surface area contributed by atoms with Gasteiger partial charge in [0.05, 0.1) is 6.54 Å². The summed E-state index contributed by atoms with van der Waals surface area (Å²) in [5, 5.41) is 5.95. The first-order chi connectivity index (χ1) is 8.17. The van der Waals surface area contributed by atoms with Crippen molar-refractivity contribution in [2.45, 2.75) is 13.5 Å². The third-order valence-electron chi connectivity index (χ3n) is 2.09. The molecule has 0 amide bonds. The van der Waals surface area contributed by atoms with Crippen LogP contribution in [0.3, 0.4) is 0 Å². The molecule has 0 aromatic carbocycles. The van der Waals surface area contributed by atoms with Gasteiger partial charge in [0.1, 0.15) is 0 Å². The lowest BCUT2D eigenvalue weighted by molar-refractivity contribution is 1.02. The van der Waals surface area contributed by atoms with E-state index in [1.54, 1.807) is 18.4 Å². The van der Waals surface area contributed by atoms with E-state index in [9.17, 15) is 0 Å². The maximum Gasteiger partial charge on any atom is 0.229 e. The minimum atomic E-state index is 0.203. The number of rotatable bonds is 4. The lowest BCUT2D eigenvalue weighted by atomic mass is 10.4. The van der Waals surface area contributed by atoms with E-state index in [1.165, 1.54) is 9.75 Å². The molecule has 0 spiro atoms. The zero-order valence-electron chi connectivity index (χ0n) is 9.69. The number of thiophene rings is 1. The van der Waals surface area contributed by atoms with Crippen LogP contribution < -0.4 is 16.4 Å². The normalized spacial score (nSPS) is 10.2. The molecule has 2 aromatic heterocycles. The number of aromatic nitrogens is 3. The molecule has 6 nitrogen and oxygen atoms in total. The average molecular weight is 250 g/mol. The van der Waals surface area contributed by atoms with Crippen molar-refractivity contribution in [3.8, 4) is 0 Å². The number of nitrogens with two attached hydrogens (primary N) is 1. The van der Waals surface area contributed by atoms with E-state index < -0.39 is 0 Å². The second-order valence-corrected chi connectivity index (χ2v) is 4.83. The molecule has 0 unspecified atom stereocenters. The van der Waals surface area contributed by atoms with Crippen molar-refractivity contribution in [1.82, 2.24) is 15.0 Å². The SMILES string of the molecule is CNc1nc(N)nc(NCc2ccc(C)s2)n1. The molecule has 2 aromatic rings. The molecule has 2 heterocycles. The van der Waals surface area contributed by atoms with E-state index in [0.717, 1.165) is 0 Å². The summed E-state index contributed by atoms with van der Waals surface area (Å²) >= 11 is 1.74. The Morgan fingerprint density at radius 1 is 1.24 bits per heavy atom. The molecular formula is C10H14N6S. The highest BCUT2D eigenvalue weighted by molar-refractivity contribution is 7.11. The Morgan fingerprint density at radius 2 is 2.00 bits per heavy atom. The number of nitrogens with one attached hydrogen (secondary N) is 2. The fourth-order valence-corrected chi connectivity index (χ4v) is 2.16. The number of nitrogen functional groups attached to an aromatic ring is 1. The Kier molecular flexibility index (Phi) is 3.38. The van der Waals surface area contributed by atoms with Crippen LogP contribution in [0.25, 0.3) is 0 Å². The summed E-state index contributed by atoms with van der Waals surface area (Å²) in [5.41, 5.74) is 5.57. The third-order valence-corrected chi connectivity index (χ3v) is 3.09. The molecule has 0 saturated carbocycles. The molecule has 90 valence electrons. The summed E-state index contributed by atoms with van der Waals surface area (Å²) in [4.78, 5) is 14.6. The maximum atomic E-state index is 5.57. The number of aryl methyl sites for hydroxylation is 1. The maximum absolute atomic E-state index is 5.57. The van der Waals surface area contributed by atoms with Gasteiger partial charge in [0.2, 0.25) is 17.8 Å². The van der Waals surface area contributed by atoms with Crippen LogP contribution in [0.5, 0.6) is 0 Å². The molecule has 17 heavy (non-hydrogen) atoms. The summed E-state index contributed by atoms with van der Waals surface area (Å²) in [7, 11) is 1.74. The number of nitrogens with zero attached hydrogens (tertiary/aromatic N) is 3. The van der Waals surface area contributed by atoms with Gasteiger partial charge in [-0.1, -0.05) is 0 Å². The molecule has 0 fully saturated rings. The first-order valence-electron chi connectivity index (χ1n) is 5.16. The van der Waals surface area contributed by atoms with Crippen molar-refractivity contribution in [1.29, 1.82) is 0 Å². The lowest BCUT2D eigenvalue weighted by Gasteiger charge is -2.05. The zero-order valence-corrected chi connectivity index (χ0v) is 10.5. The second-order valence-electron chi connectivity index (χ2n) is 3.46. The van der Waals surface area contributed by atoms with Crippen LogP contribution in [0.2, 0.25) is 0 Å². The zero-order chi connectivity index (χ0) is 12.3. The molecule has 0 saturated heterocycles. The largest absolute Gasteiger partial charge is 0.368 e. The topological polar surface area (TPSA) is 88.8 Å². The molecule has 0 aliphatic carbocycles. The van der Waals surface area contributed by atoms with E-state index in [0.29, 0.717) is 18.4 Å². The van der Waals surface area contributed by atoms with E-state index in [1.807, 2.05) is 0 Å². The Bertz CT molecular complexity index is 509. The molecule has 7 heteroatoms. The summed E-state index contributed by atoms with van der Waals surface area (Å²) in [6, 6.07) is 4.17. The van der Waals surface area contributed by atoms with Gasteiger partial charge in [-0.05, 0) is 19.1 Å². The van der Waals surface area contributed by atoms with Gasteiger partial charge in [-0.15, -0.1) is 11.3 Å². The highest BCUT2D eigenvalue weighted by Gasteiger charge is 2.03. The van der Waals surface area contributed by atoms with Crippen molar-refractivity contribution >= 4 is 29.2 Å². The van der Waals surface area contributed by atoms with Crippen molar-refractivity contribution < 1.29 is 0 Å². The van der Waals surface area contributed by atoms with Crippen LogP contribution in [0.4, 0.5) is 17.8 Å².